The minimum Gasteiger partial charge on any atom is -0.488 e. The first-order valence-corrected chi connectivity index (χ1v) is 9.66. The zero-order chi connectivity index (χ0) is 21.0. The fraction of sp³-hybridized carbons (Fsp3) is 0.217. The molecule has 0 saturated heterocycles. The summed E-state index contributed by atoms with van der Waals surface area (Å²) in [7, 11) is 0. The van der Waals surface area contributed by atoms with E-state index in [1.807, 2.05) is 51.1 Å². The Morgan fingerprint density at radius 1 is 1.14 bits per heavy atom. The van der Waals surface area contributed by atoms with Crippen molar-refractivity contribution in [3.8, 4) is 5.75 Å². The molecule has 1 heterocycles. The first kappa shape index (κ1) is 20.7. The van der Waals surface area contributed by atoms with Crippen LogP contribution in [-0.4, -0.2) is 25.0 Å². The van der Waals surface area contributed by atoms with Crippen molar-refractivity contribution < 1.29 is 14.3 Å². The highest BCUT2D eigenvalue weighted by atomic mass is 35.5. The molecule has 0 spiro atoms. The van der Waals surface area contributed by atoms with E-state index in [1.165, 1.54) is 6.08 Å². The number of halogens is 1. The molecule has 29 heavy (non-hydrogen) atoms. The summed E-state index contributed by atoms with van der Waals surface area (Å²) in [5.74, 6) is 0.134. The second-order valence-corrected chi connectivity index (χ2v) is 7.50. The van der Waals surface area contributed by atoms with Crippen LogP contribution >= 0.6 is 11.6 Å². The summed E-state index contributed by atoms with van der Waals surface area (Å²) < 4.78 is 5.64. The molecule has 0 unspecified atom stereocenters. The molecule has 0 atom stereocenters. The van der Waals surface area contributed by atoms with Gasteiger partial charge in [-0.15, -0.1) is 0 Å². The van der Waals surface area contributed by atoms with Gasteiger partial charge in [-0.25, -0.2) is 0 Å². The molecule has 0 radical (unpaired) electrons. The summed E-state index contributed by atoms with van der Waals surface area (Å²) in [4.78, 5) is 24.2. The molecule has 0 aliphatic carbocycles. The molecule has 0 bridgehead atoms. The first-order chi connectivity index (χ1) is 13.8. The molecule has 0 fully saturated rings. The van der Waals surface area contributed by atoms with Gasteiger partial charge in [0.15, 0.2) is 0 Å². The van der Waals surface area contributed by atoms with Crippen LogP contribution in [0.3, 0.4) is 0 Å². The predicted octanol–water partition coefficient (Wildman–Crippen LogP) is 4.35. The Hall–Kier alpha value is -3.05. The van der Waals surface area contributed by atoms with Crippen LogP contribution in [0.1, 0.15) is 22.3 Å². The van der Waals surface area contributed by atoms with Gasteiger partial charge >= 0.3 is 0 Å². The molecule has 3 rings (SSSR count). The number of amides is 2. The highest BCUT2D eigenvalue weighted by molar-refractivity contribution is 6.30. The summed E-state index contributed by atoms with van der Waals surface area (Å²) in [5, 5.41) is 6.08. The molecule has 1 aliphatic rings. The van der Waals surface area contributed by atoms with Crippen molar-refractivity contribution in [3.05, 3.63) is 75.3 Å². The lowest BCUT2D eigenvalue weighted by molar-refractivity contribution is -0.121. The van der Waals surface area contributed by atoms with E-state index in [4.69, 9.17) is 16.3 Å². The van der Waals surface area contributed by atoms with Gasteiger partial charge in [0.25, 0.3) is 0 Å². The number of hydrogen-bond acceptors (Lipinski definition) is 3. The molecule has 2 aromatic carbocycles. The monoisotopic (exact) mass is 410 g/mol. The van der Waals surface area contributed by atoms with Gasteiger partial charge in [-0.1, -0.05) is 35.4 Å². The van der Waals surface area contributed by atoms with Gasteiger partial charge in [0.1, 0.15) is 12.4 Å². The Morgan fingerprint density at radius 3 is 2.59 bits per heavy atom. The average molecular weight is 411 g/mol. The van der Waals surface area contributed by atoms with E-state index in [9.17, 15) is 9.59 Å². The third-order valence-electron chi connectivity index (χ3n) is 4.52. The number of carbonyl (C=O) groups excluding carboxylic acids is 2. The Balaban J connectivity index is 1.54. The minimum atomic E-state index is -0.352. The van der Waals surface area contributed by atoms with Gasteiger partial charge in [-0.3, -0.25) is 9.59 Å². The molecule has 150 valence electrons. The Labute approximate surface area is 175 Å². The fourth-order valence-corrected chi connectivity index (χ4v) is 3.41. The number of ether oxygens (including phenoxy) is 1. The third kappa shape index (κ3) is 5.48. The lowest BCUT2D eigenvalue weighted by Gasteiger charge is -2.16. The molecular weight excluding hydrogens is 388 g/mol. The quantitative estimate of drug-likeness (QED) is 0.720. The number of anilines is 1. The maximum atomic E-state index is 12.2. The number of hydrogen-bond donors (Lipinski definition) is 2. The largest absolute Gasteiger partial charge is 0.488 e. The maximum Gasteiger partial charge on any atom is 0.244 e. The topological polar surface area (TPSA) is 67.4 Å². The number of rotatable bonds is 5. The van der Waals surface area contributed by atoms with Gasteiger partial charge in [0.05, 0.1) is 6.54 Å². The standard InChI is InChI=1S/C23H23ClN2O3/c1-14-8-15(2)23(16(3)9-14)26-22(28)12-25-21(27)7-4-17-10-18-11-19(24)5-6-20(18)29-13-17/h4-11H,12-13H2,1-3H3,(H,25,27)(H,26,28)/b7-4+. The molecule has 2 aromatic rings. The number of nitrogens with one attached hydrogen (secondary N) is 2. The fourth-order valence-electron chi connectivity index (χ4n) is 3.23. The van der Waals surface area contributed by atoms with Gasteiger partial charge in [0.2, 0.25) is 11.8 Å². The molecule has 2 amide bonds. The lowest BCUT2D eigenvalue weighted by Crippen LogP contribution is -2.32. The Bertz CT molecular complexity index is 1000. The van der Waals surface area contributed by atoms with Crippen molar-refractivity contribution in [2.45, 2.75) is 20.8 Å². The van der Waals surface area contributed by atoms with Crippen molar-refractivity contribution >= 4 is 35.2 Å². The van der Waals surface area contributed by atoms with Crippen molar-refractivity contribution in [2.24, 2.45) is 0 Å². The van der Waals surface area contributed by atoms with Crippen molar-refractivity contribution in [2.75, 3.05) is 18.5 Å². The number of aryl methyl sites for hydroxylation is 3. The van der Waals surface area contributed by atoms with Crippen molar-refractivity contribution in [3.63, 3.8) is 0 Å². The van der Waals surface area contributed by atoms with Crippen molar-refractivity contribution in [1.82, 2.24) is 5.32 Å². The van der Waals surface area contributed by atoms with Crippen LogP contribution in [0, 0.1) is 20.8 Å². The molecule has 0 aromatic heterocycles. The zero-order valence-corrected chi connectivity index (χ0v) is 17.4. The summed E-state index contributed by atoms with van der Waals surface area (Å²) >= 11 is 6.00. The average Bonchev–Trinajstić information content (AvgIpc) is 2.67. The SMILES string of the molecule is Cc1cc(C)c(NC(=O)CNC(=O)/C=C/C2=Cc3cc(Cl)ccc3OC2)c(C)c1. The van der Waals surface area contributed by atoms with E-state index in [1.54, 1.807) is 12.1 Å². The van der Waals surface area contributed by atoms with E-state index in [-0.39, 0.29) is 18.4 Å². The maximum absolute atomic E-state index is 12.2. The van der Waals surface area contributed by atoms with Gasteiger partial charge in [-0.05, 0) is 61.7 Å². The second-order valence-electron chi connectivity index (χ2n) is 7.06. The van der Waals surface area contributed by atoms with E-state index in [0.717, 1.165) is 39.3 Å². The first-order valence-electron chi connectivity index (χ1n) is 9.28. The third-order valence-corrected chi connectivity index (χ3v) is 4.76. The van der Waals surface area contributed by atoms with Gasteiger partial charge in [-0.2, -0.15) is 0 Å². The summed E-state index contributed by atoms with van der Waals surface area (Å²) in [6.07, 6.45) is 4.98. The second kappa shape index (κ2) is 8.97. The zero-order valence-electron chi connectivity index (χ0n) is 16.6. The highest BCUT2D eigenvalue weighted by Crippen LogP contribution is 2.29. The highest BCUT2D eigenvalue weighted by Gasteiger charge is 2.11. The van der Waals surface area contributed by atoms with Crippen LogP contribution in [0.15, 0.2) is 48.1 Å². The van der Waals surface area contributed by atoms with Crippen LogP contribution in [-0.2, 0) is 9.59 Å². The van der Waals surface area contributed by atoms with Crippen LogP contribution < -0.4 is 15.4 Å². The van der Waals surface area contributed by atoms with Crippen LogP contribution in [0.5, 0.6) is 5.75 Å². The normalized spacial score (nSPS) is 12.8. The smallest absolute Gasteiger partial charge is 0.244 e. The van der Waals surface area contributed by atoms with E-state index >= 15 is 0 Å². The van der Waals surface area contributed by atoms with Gasteiger partial charge < -0.3 is 15.4 Å². The predicted molar refractivity (Wildman–Crippen MR) is 116 cm³/mol. The number of benzene rings is 2. The molecular formula is C23H23ClN2O3. The van der Waals surface area contributed by atoms with E-state index in [2.05, 4.69) is 10.6 Å². The lowest BCUT2D eigenvalue weighted by atomic mass is 10.1. The molecule has 2 N–H and O–H groups in total. The van der Waals surface area contributed by atoms with Crippen LogP contribution in [0.2, 0.25) is 5.02 Å². The van der Waals surface area contributed by atoms with Gasteiger partial charge in [0, 0.05) is 22.3 Å². The Morgan fingerprint density at radius 2 is 1.86 bits per heavy atom. The van der Waals surface area contributed by atoms with Crippen LogP contribution in [0.4, 0.5) is 5.69 Å². The number of fused-ring (bicyclic) bond motifs is 1. The molecule has 5 nitrogen and oxygen atoms in total. The molecule has 0 saturated carbocycles. The van der Waals surface area contributed by atoms with E-state index in [0.29, 0.717) is 11.6 Å². The Kier molecular flexibility index (Phi) is 6.39. The summed E-state index contributed by atoms with van der Waals surface area (Å²) in [5.41, 5.74) is 5.62. The van der Waals surface area contributed by atoms with E-state index < -0.39 is 0 Å². The molecule has 6 heteroatoms. The molecule has 1 aliphatic heterocycles. The van der Waals surface area contributed by atoms with Crippen molar-refractivity contribution in [1.29, 1.82) is 0 Å². The summed E-state index contributed by atoms with van der Waals surface area (Å²) in [6.45, 7) is 6.16. The number of carbonyl (C=O) groups is 2. The minimum absolute atomic E-state index is 0.107. The summed E-state index contributed by atoms with van der Waals surface area (Å²) in [6, 6.07) is 9.42. The van der Waals surface area contributed by atoms with Crippen LogP contribution in [0.25, 0.3) is 6.08 Å².